The lowest BCUT2D eigenvalue weighted by Gasteiger charge is -2.06. The Morgan fingerprint density at radius 3 is 2.68 bits per heavy atom. The molecule has 2 N–H and O–H groups in total. The maximum absolute atomic E-state index is 12.3. The molecule has 0 saturated heterocycles. The van der Waals surface area contributed by atoms with Gasteiger partial charge in [-0.25, -0.2) is 9.78 Å². The molecule has 0 saturated carbocycles. The molecule has 0 atom stereocenters. The molecule has 0 spiro atoms. The Hall–Kier alpha value is -3.35. The van der Waals surface area contributed by atoms with Crippen molar-refractivity contribution in [1.29, 1.82) is 0 Å². The van der Waals surface area contributed by atoms with E-state index >= 15 is 0 Å². The number of aryl methyl sites for hydroxylation is 1. The molecule has 0 aliphatic carbocycles. The number of pyridine rings is 1. The number of ether oxygens (including phenoxy) is 1. The second-order valence-electron chi connectivity index (χ2n) is 5.59. The number of amides is 2. The number of hydrogen-bond acceptors (Lipinski definition) is 4. The first kappa shape index (κ1) is 16.5. The van der Waals surface area contributed by atoms with Crippen molar-refractivity contribution in [1.82, 2.24) is 14.7 Å². The highest BCUT2D eigenvalue weighted by atomic mass is 16.5. The highest BCUT2D eigenvalue weighted by molar-refractivity contribution is 5.92. The summed E-state index contributed by atoms with van der Waals surface area (Å²) in [6.45, 7) is 2.34. The Kier molecular flexibility index (Phi) is 4.65. The van der Waals surface area contributed by atoms with Crippen molar-refractivity contribution in [2.24, 2.45) is 0 Å². The van der Waals surface area contributed by atoms with Crippen LogP contribution in [0, 0.1) is 6.92 Å². The van der Waals surface area contributed by atoms with Crippen LogP contribution in [-0.4, -0.2) is 28.5 Å². The molecule has 0 radical (unpaired) electrons. The molecular formula is C18H18N4O3. The number of rotatable bonds is 4. The Labute approximate surface area is 144 Å². The predicted molar refractivity (Wildman–Crippen MR) is 93.6 cm³/mol. The molecule has 7 nitrogen and oxygen atoms in total. The van der Waals surface area contributed by atoms with E-state index in [1.165, 1.54) is 7.11 Å². The molecule has 0 fully saturated rings. The number of aromatic nitrogens is 2. The van der Waals surface area contributed by atoms with Crippen molar-refractivity contribution >= 4 is 23.3 Å². The van der Waals surface area contributed by atoms with Crippen LogP contribution in [0.2, 0.25) is 0 Å². The van der Waals surface area contributed by atoms with Crippen LogP contribution in [0.5, 0.6) is 0 Å². The Morgan fingerprint density at radius 1 is 1.20 bits per heavy atom. The SMILES string of the molecule is COC(=O)Nc1ccc(CNC(=O)c2cn3ccc(C)cc3n2)cc1. The van der Waals surface area contributed by atoms with Crippen LogP contribution in [0.3, 0.4) is 0 Å². The van der Waals surface area contributed by atoms with Gasteiger partial charge in [0.2, 0.25) is 0 Å². The summed E-state index contributed by atoms with van der Waals surface area (Å²) in [6, 6.07) is 11.0. The zero-order valence-corrected chi connectivity index (χ0v) is 13.9. The molecule has 0 aliphatic heterocycles. The summed E-state index contributed by atoms with van der Waals surface area (Å²) in [7, 11) is 1.31. The second kappa shape index (κ2) is 7.04. The lowest BCUT2D eigenvalue weighted by atomic mass is 10.2. The van der Waals surface area contributed by atoms with Crippen LogP contribution in [0.25, 0.3) is 5.65 Å². The van der Waals surface area contributed by atoms with Gasteiger partial charge < -0.3 is 14.5 Å². The third-order valence-electron chi connectivity index (χ3n) is 3.69. The van der Waals surface area contributed by atoms with Gasteiger partial charge in [0.1, 0.15) is 11.3 Å². The first-order valence-corrected chi connectivity index (χ1v) is 7.72. The molecule has 3 rings (SSSR count). The molecule has 2 heterocycles. The third-order valence-corrected chi connectivity index (χ3v) is 3.69. The topological polar surface area (TPSA) is 84.7 Å². The van der Waals surface area contributed by atoms with E-state index in [0.717, 1.165) is 16.8 Å². The van der Waals surface area contributed by atoms with Crippen LogP contribution < -0.4 is 10.6 Å². The van der Waals surface area contributed by atoms with E-state index in [2.05, 4.69) is 20.4 Å². The zero-order chi connectivity index (χ0) is 17.8. The fourth-order valence-electron chi connectivity index (χ4n) is 2.34. The van der Waals surface area contributed by atoms with E-state index in [1.807, 2.05) is 41.8 Å². The zero-order valence-electron chi connectivity index (χ0n) is 13.9. The molecular weight excluding hydrogens is 320 g/mol. The van der Waals surface area contributed by atoms with E-state index < -0.39 is 6.09 Å². The van der Waals surface area contributed by atoms with Crippen molar-refractivity contribution in [3.8, 4) is 0 Å². The summed E-state index contributed by atoms with van der Waals surface area (Å²) in [4.78, 5) is 27.7. The standard InChI is InChI=1S/C18H18N4O3/c1-12-7-8-22-11-15(21-16(22)9-12)17(23)19-10-13-3-5-14(6-4-13)20-18(24)25-2/h3-9,11H,10H2,1-2H3,(H,19,23)(H,20,24). The van der Waals surface area contributed by atoms with Crippen molar-refractivity contribution < 1.29 is 14.3 Å². The predicted octanol–water partition coefficient (Wildman–Crippen LogP) is 2.75. The summed E-state index contributed by atoms with van der Waals surface area (Å²) in [5.41, 5.74) is 3.73. The van der Waals surface area contributed by atoms with Gasteiger partial charge in [0.25, 0.3) is 5.91 Å². The van der Waals surface area contributed by atoms with Gasteiger partial charge in [0.15, 0.2) is 0 Å². The van der Waals surface area contributed by atoms with Crippen molar-refractivity contribution in [3.63, 3.8) is 0 Å². The molecule has 2 amide bonds. The minimum Gasteiger partial charge on any atom is -0.453 e. The second-order valence-corrected chi connectivity index (χ2v) is 5.59. The number of anilines is 1. The van der Waals surface area contributed by atoms with Gasteiger partial charge in [-0.3, -0.25) is 10.1 Å². The number of hydrogen-bond donors (Lipinski definition) is 2. The fourth-order valence-corrected chi connectivity index (χ4v) is 2.34. The van der Waals surface area contributed by atoms with Gasteiger partial charge in [-0.1, -0.05) is 12.1 Å². The van der Waals surface area contributed by atoms with Crippen molar-refractivity contribution in [3.05, 3.63) is 65.6 Å². The molecule has 128 valence electrons. The van der Waals surface area contributed by atoms with Crippen LogP contribution in [0.15, 0.2) is 48.8 Å². The normalized spacial score (nSPS) is 10.5. The number of nitrogens with zero attached hydrogens (tertiary/aromatic N) is 2. The monoisotopic (exact) mass is 338 g/mol. The number of benzene rings is 1. The molecule has 0 bridgehead atoms. The van der Waals surface area contributed by atoms with Gasteiger partial charge in [-0.15, -0.1) is 0 Å². The molecule has 2 aromatic heterocycles. The van der Waals surface area contributed by atoms with Gasteiger partial charge in [0.05, 0.1) is 7.11 Å². The number of nitrogens with one attached hydrogen (secondary N) is 2. The maximum atomic E-state index is 12.3. The molecule has 1 aromatic carbocycles. The summed E-state index contributed by atoms with van der Waals surface area (Å²) in [5.74, 6) is -0.238. The van der Waals surface area contributed by atoms with Crippen LogP contribution in [0.1, 0.15) is 21.6 Å². The number of methoxy groups -OCH3 is 1. The first-order chi connectivity index (χ1) is 12.0. The summed E-state index contributed by atoms with van der Waals surface area (Å²) in [5, 5.41) is 5.40. The van der Waals surface area contributed by atoms with Gasteiger partial charge in [-0.2, -0.15) is 0 Å². The van der Waals surface area contributed by atoms with Crippen LogP contribution in [0.4, 0.5) is 10.5 Å². The third kappa shape index (κ3) is 3.95. The minimum absolute atomic E-state index is 0.238. The smallest absolute Gasteiger partial charge is 0.411 e. The summed E-state index contributed by atoms with van der Waals surface area (Å²) < 4.78 is 6.34. The quantitative estimate of drug-likeness (QED) is 0.766. The molecule has 7 heteroatoms. The molecule has 25 heavy (non-hydrogen) atoms. The van der Waals surface area contributed by atoms with E-state index in [9.17, 15) is 9.59 Å². The number of imidazole rings is 1. The van der Waals surface area contributed by atoms with E-state index in [4.69, 9.17) is 0 Å². The van der Waals surface area contributed by atoms with E-state index in [1.54, 1.807) is 18.3 Å². The Bertz CT molecular complexity index is 916. The van der Waals surface area contributed by atoms with Crippen molar-refractivity contribution in [2.45, 2.75) is 13.5 Å². The Morgan fingerprint density at radius 2 is 1.96 bits per heavy atom. The average Bonchev–Trinajstić information content (AvgIpc) is 3.04. The lowest BCUT2D eigenvalue weighted by molar-refractivity contribution is 0.0946. The van der Waals surface area contributed by atoms with E-state index in [0.29, 0.717) is 17.9 Å². The highest BCUT2D eigenvalue weighted by Gasteiger charge is 2.10. The van der Waals surface area contributed by atoms with Crippen LogP contribution >= 0.6 is 0 Å². The minimum atomic E-state index is -0.525. The van der Waals surface area contributed by atoms with Gasteiger partial charge in [-0.05, 0) is 42.3 Å². The summed E-state index contributed by atoms with van der Waals surface area (Å²) in [6.07, 6.45) is 3.05. The molecule has 3 aromatic rings. The Balaban J connectivity index is 1.62. The van der Waals surface area contributed by atoms with Gasteiger partial charge >= 0.3 is 6.09 Å². The molecule has 0 aliphatic rings. The number of carbonyl (C=O) groups is 2. The number of carbonyl (C=O) groups excluding carboxylic acids is 2. The largest absolute Gasteiger partial charge is 0.453 e. The lowest BCUT2D eigenvalue weighted by Crippen LogP contribution is -2.23. The van der Waals surface area contributed by atoms with E-state index in [-0.39, 0.29) is 5.91 Å². The maximum Gasteiger partial charge on any atom is 0.411 e. The number of fused-ring (bicyclic) bond motifs is 1. The average molecular weight is 338 g/mol. The fraction of sp³-hybridized carbons (Fsp3) is 0.167. The highest BCUT2D eigenvalue weighted by Crippen LogP contribution is 2.11. The molecule has 0 unspecified atom stereocenters. The van der Waals surface area contributed by atoms with Crippen LogP contribution in [-0.2, 0) is 11.3 Å². The van der Waals surface area contributed by atoms with Crippen molar-refractivity contribution in [2.75, 3.05) is 12.4 Å². The van der Waals surface area contributed by atoms with Gasteiger partial charge in [0, 0.05) is 24.6 Å². The first-order valence-electron chi connectivity index (χ1n) is 7.72. The summed E-state index contributed by atoms with van der Waals surface area (Å²) >= 11 is 0.